The first kappa shape index (κ1) is 13.4. The topological polar surface area (TPSA) is 85.5 Å². The minimum absolute atomic E-state index is 0.0394. The molecule has 1 aromatic heterocycles. The van der Waals surface area contributed by atoms with Crippen molar-refractivity contribution in [1.82, 2.24) is 10.2 Å². The molecule has 0 bridgehead atoms. The van der Waals surface area contributed by atoms with Crippen LogP contribution in [0.2, 0.25) is 0 Å². The summed E-state index contributed by atoms with van der Waals surface area (Å²) in [6, 6.07) is 8.40. The number of aromatic amines is 1. The van der Waals surface area contributed by atoms with Gasteiger partial charge in [0.2, 0.25) is 11.8 Å². The van der Waals surface area contributed by atoms with Gasteiger partial charge in [-0.1, -0.05) is 23.8 Å². The summed E-state index contributed by atoms with van der Waals surface area (Å²) in [4.78, 5) is 0. The molecule has 1 aliphatic heterocycles. The van der Waals surface area contributed by atoms with Crippen molar-refractivity contribution in [1.29, 1.82) is 10.7 Å². The summed E-state index contributed by atoms with van der Waals surface area (Å²) in [6.45, 7) is 5.96. The van der Waals surface area contributed by atoms with Crippen LogP contribution in [0.3, 0.4) is 0 Å². The maximum Gasteiger partial charge on any atom is 0.243 e. The van der Waals surface area contributed by atoms with Crippen LogP contribution in [-0.4, -0.2) is 16.1 Å². The fraction of sp³-hybridized carbons (Fsp3) is 0.312. The molecule has 106 valence electrons. The van der Waals surface area contributed by atoms with E-state index in [-0.39, 0.29) is 11.8 Å². The van der Waals surface area contributed by atoms with E-state index in [1.807, 2.05) is 32.9 Å². The van der Waals surface area contributed by atoms with Gasteiger partial charge in [-0.2, -0.15) is 5.26 Å². The first-order chi connectivity index (χ1) is 10.0. The average Bonchev–Trinajstić information content (AvgIpc) is 2.81. The predicted molar refractivity (Wildman–Crippen MR) is 78.5 cm³/mol. The van der Waals surface area contributed by atoms with Crippen molar-refractivity contribution < 1.29 is 4.74 Å². The van der Waals surface area contributed by atoms with Crippen LogP contribution >= 0.6 is 0 Å². The normalized spacial score (nSPS) is 20.6. The number of nitriles is 1. The lowest BCUT2D eigenvalue weighted by atomic mass is 9.77. The van der Waals surface area contributed by atoms with Crippen molar-refractivity contribution in [3.63, 3.8) is 0 Å². The summed E-state index contributed by atoms with van der Waals surface area (Å²) >= 11 is 0. The zero-order valence-electron chi connectivity index (χ0n) is 12.2. The zero-order chi connectivity index (χ0) is 15.1. The number of nitrogens with zero attached hydrogens (tertiary/aromatic N) is 2. The van der Waals surface area contributed by atoms with Crippen LogP contribution in [0.4, 0.5) is 0 Å². The second-order valence-electron chi connectivity index (χ2n) is 5.48. The molecule has 0 saturated carbocycles. The summed E-state index contributed by atoms with van der Waals surface area (Å²) in [5, 5.41) is 24.5. The highest BCUT2D eigenvalue weighted by molar-refractivity contribution is 5.84. The van der Waals surface area contributed by atoms with E-state index in [9.17, 15) is 5.26 Å². The third kappa shape index (κ3) is 2.00. The number of hydrogen-bond acceptors (Lipinski definition) is 4. The van der Waals surface area contributed by atoms with Gasteiger partial charge >= 0.3 is 0 Å². The van der Waals surface area contributed by atoms with Gasteiger partial charge in [0, 0.05) is 17.2 Å². The summed E-state index contributed by atoms with van der Waals surface area (Å²) in [7, 11) is 0. The molecule has 0 saturated heterocycles. The molecule has 1 aromatic carbocycles. The Bertz CT molecular complexity index is 769. The Labute approximate surface area is 123 Å². The van der Waals surface area contributed by atoms with Gasteiger partial charge in [-0.05, 0) is 31.9 Å². The molecular weight excluding hydrogens is 264 g/mol. The Hall–Kier alpha value is -2.61. The van der Waals surface area contributed by atoms with Gasteiger partial charge in [-0.15, -0.1) is 5.10 Å². The van der Waals surface area contributed by atoms with Gasteiger partial charge in [0.25, 0.3) is 0 Å². The quantitative estimate of drug-likeness (QED) is 0.842. The summed E-state index contributed by atoms with van der Waals surface area (Å²) in [5.41, 5.74) is 5.05. The van der Waals surface area contributed by atoms with Crippen LogP contribution in [0.1, 0.15) is 33.9 Å². The van der Waals surface area contributed by atoms with Crippen LogP contribution < -0.4 is 4.74 Å². The number of benzene rings is 1. The monoisotopic (exact) mass is 280 g/mol. The number of fused-ring (bicyclic) bond motifs is 1. The molecule has 0 aliphatic carbocycles. The number of aromatic nitrogens is 2. The van der Waals surface area contributed by atoms with Gasteiger partial charge in [-0.3, -0.25) is 10.5 Å². The highest BCUT2D eigenvalue weighted by Crippen LogP contribution is 2.43. The molecule has 2 N–H and O–H groups in total. The second-order valence-corrected chi connectivity index (χ2v) is 5.48. The Morgan fingerprint density at radius 2 is 2.10 bits per heavy atom. The standard InChI is InChI=1S/C16H16N4O/c1-8-4-5-9(2)11(6-8)14-12(7-17)15(18)21-16-13(14)10(3)19-20-16/h4-6,12,14,18H,1-3H3,(H,19,20). The number of ether oxygens (including phenoxy) is 1. The number of aryl methyl sites for hydroxylation is 3. The molecule has 1 aliphatic rings. The molecule has 2 atom stereocenters. The Balaban J connectivity index is 2.27. The Morgan fingerprint density at radius 1 is 1.33 bits per heavy atom. The van der Waals surface area contributed by atoms with E-state index in [1.54, 1.807) is 0 Å². The summed E-state index contributed by atoms with van der Waals surface area (Å²) < 4.78 is 5.40. The number of hydrogen-bond donors (Lipinski definition) is 2. The largest absolute Gasteiger partial charge is 0.422 e. The van der Waals surface area contributed by atoms with Gasteiger partial charge in [0.15, 0.2) is 0 Å². The van der Waals surface area contributed by atoms with Crippen LogP contribution in [0, 0.1) is 43.4 Å². The number of H-pyrrole nitrogens is 1. The highest BCUT2D eigenvalue weighted by atomic mass is 16.5. The molecule has 0 fully saturated rings. The maximum atomic E-state index is 9.51. The summed E-state index contributed by atoms with van der Waals surface area (Å²) in [6.07, 6.45) is 0. The van der Waals surface area contributed by atoms with E-state index in [4.69, 9.17) is 10.1 Å². The third-order valence-electron chi connectivity index (χ3n) is 4.00. The fourth-order valence-corrected chi connectivity index (χ4v) is 2.91. The third-order valence-corrected chi connectivity index (χ3v) is 4.00. The fourth-order valence-electron chi connectivity index (χ4n) is 2.91. The SMILES string of the molecule is Cc1ccc(C)c(C2c3c(n[nH]c3C)OC(=N)C2C#N)c1. The van der Waals surface area contributed by atoms with E-state index >= 15 is 0 Å². The Morgan fingerprint density at radius 3 is 2.81 bits per heavy atom. The first-order valence-electron chi connectivity index (χ1n) is 6.81. The Kier molecular flexibility index (Phi) is 3.02. The number of rotatable bonds is 1. The molecule has 0 spiro atoms. The van der Waals surface area contributed by atoms with Crippen molar-refractivity contribution in [2.75, 3.05) is 0 Å². The van der Waals surface area contributed by atoms with Crippen molar-refractivity contribution in [3.05, 3.63) is 46.1 Å². The maximum absolute atomic E-state index is 9.51. The minimum Gasteiger partial charge on any atom is -0.422 e. The van der Waals surface area contributed by atoms with E-state index in [1.165, 1.54) is 0 Å². The van der Waals surface area contributed by atoms with Crippen molar-refractivity contribution in [2.24, 2.45) is 5.92 Å². The van der Waals surface area contributed by atoms with Crippen molar-refractivity contribution >= 4 is 5.90 Å². The van der Waals surface area contributed by atoms with E-state index < -0.39 is 5.92 Å². The van der Waals surface area contributed by atoms with Crippen LogP contribution in [0.15, 0.2) is 18.2 Å². The lowest BCUT2D eigenvalue weighted by Gasteiger charge is -2.29. The van der Waals surface area contributed by atoms with Gasteiger partial charge < -0.3 is 4.74 Å². The van der Waals surface area contributed by atoms with Gasteiger partial charge in [-0.25, -0.2) is 0 Å². The first-order valence-corrected chi connectivity index (χ1v) is 6.81. The van der Waals surface area contributed by atoms with Crippen LogP contribution in [0.25, 0.3) is 0 Å². The molecule has 0 amide bonds. The zero-order valence-corrected chi connectivity index (χ0v) is 12.2. The molecule has 21 heavy (non-hydrogen) atoms. The molecule has 2 unspecified atom stereocenters. The van der Waals surface area contributed by atoms with Gasteiger partial charge in [0.1, 0.15) is 5.92 Å². The van der Waals surface area contributed by atoms with Crippen LogP contribution in [-0.2, 0) is 0 Å². The van der Waals surface area contributed by atoms with Gasteiger partial charge in [0.05, 0.1) is 6.07 Å². The average molecular weight is 280 g/mol. The minimum atomic E-state index is -0.630. The molecule has 3 rings (SSSR count). The van der Waals surface area contributed by atoms with E-state index in [0.29, 0.717) is 5.88 Å². The predicted octanol–water partition coefficient (Wildman–Crippen LogP) is 2.98. The smallest absolute Gasteiger partial charge is 0.243 e. The van der Waals surface area contributed by atoms with Crippen LogP contribution in [0.5, 0.6) is 5.88 Å². The van der Waals surface area contributed by atoms with Crippen molar-refractivity contribution in [3.8, 4) is 11.9 Å². The molecule has 5 heteroatoms. The number of nitrogens with one attached hydrogen (secondary N) is 2. The lowest BCUT2D eigenvalue weighted by Crippen LogP contribution is -2.31. The van der Waals surface area contributed by atoms with Crippen molar-refractivity contribution in [2.45, 2.75) is 26.7 Å². The molecular formula is C16H16N4O. The molecule has 2 heterocycles. The molecule has 5 nitrogen and oxygen atoms in total. The molecule has 2 aromatic rings. The highest BCUT2D eigenvalue weighted by Gasteiger charge is 2.40. The second kappa shape index (κ2) is 4.74. The van der Waals surface area contributed by atoms with E-state index in [0.717, 1.165) is 27.9 Å². The molecule has 0 radical (unpaired) electrons. The summed E-state index contributed by atoms with van der Waals surface area (Å²) in [5.74, 6) is -0.475. The lowest BCUT2D eigenvalue weighted by molar-refractivity contribution is 0.436. The van der Waals surface area contributed by atoms with E-state index in [2.05, 4.69) is 22.3 Å².